The molecule has 1 unspecified atom stereocenters. The lowest BCUT2D eigenvalue weighted by atomic mass is 9.65. The summed E-state index contributed by atoms with van der Waals surface area (Å²) in [4.78, 5) is 4.77. The number of hydrogen-bond donors (Lipinski definition) is 0. The monoisotopic (exact) mass is 283 g/mol. The summed E-state index contributed by atoms with van der Waals surface area (Å²) in [6.45, 7) is 8.68. The van der Waals surface area contributed by atoms with Crippen molar-refractivity contribution in [2.45, 2.75) is 37.6 Å². The molecule has 0 saturated carbocycles. The maximum absolute atomic E-state index is 10.1. The first-order valence-electron chi connectivity index (χ1n) is 7.94. The van der Waals surface area contributed by atoms with Gasteiger partial charge in [0.2, 0.25) is 0 Å². The zero-order valence-electron chi connectivity index (χ0n) is 13.4. The Balaban J connectivity index is 2.06. The molecule has 1 aliphatic carbocycles. The highest BCUT2D eigenvalue weighted by Gasteiger charge is 2.47. The van der Waals surface area contributed by atoms with Crippen LogP contribution in [0.25, 0.3) is 0 Å². The summed E-state index contributed by atoms with van der Waals surface area (Å²) in [5.41, 5.74) is 2.35. The Bertz CT molecular complexity index is 564. The first kappa shape index (κ1) is 14.6. The zero-order chi connectivity index (χ0) is 15.1. The summed E-state index contributed by atoms with van der Waals surface area (Å²) in [6.07, 6.45) is 2.02. The highest BCUT2D eigenvalue weighted by atomic mass is 15.3. The molecule has 0 radical (unpaired) electrons. The van der Waals surface area contributed by atoms with Gasteiger partial charge in [-0.25, -0.2) is 0 Å². The molecular weight excluding hydrogens is 258 g/mol. The molecular formula is C18H25N3. The van der Waals surface area contributed by atoms with Gasteiger partial charge in [0.15, 0.2) is 0 Å². The maximum atomic E-state index is 10.1. The third-order valence-corrected chi connectivity index (χ3v) is 5.44. The van der Waals surface area contributed by atoms with Crippen LogP contribution in [0, 0.1) is 11.3 Å². The van der Waals surface area contributed by atoms with E-state index in [0.29, 0.717) is 0 Å². The first-order chi connectivity index (χ1) is 9.99. The molecule has 3 rings (SSSR count). The minimum Gasteiger partial charge on any atom is -0.304 e. The predicted octanol–water partition coefficient (Wildman–Crippen LogP) is 2.72. The lowest BCUT2D eigenvalue weighted by Crippen LogP contribution is -2.56. The van der Waals surface area contributed by atoms with Crippen LogP contribution in [0.3, 0.4) is 0 Å². The van der Waals surface area contributed by atoms with E-state index in [1.54, 1.807) is 0 Å². The van der Waals surface area contributed by atoms with Crippen LogP contribution in [0.4, 0.5) is 0 Å². The van der Waals surface area contributed by atoms with Crippen LogP contribution in [0.2, 0.25) is 0 Å². The second-order valence-electron chi connectivity index (χ2n) is 7.19. The largest absolute Gasteiger partial charge is 0.304 e. The highest BCUT2D eigenvalue weighted by molar-refractivity contribution is 5.45. The highest BCUT2D eigenvalue weighted by Crippen LogP contribution is 2.47. The van der Waals surface area contributed by atoms with Gasteiger partial charge in [-0.3, -0.25) is 4.90 Å². The number of benzene rings is 1. The molecule has 21 heavy (non-hydrogen) atoms. The number of piperazine rings is 1. The van der Waals surface area contributed by atoms with Crippen molar-refractivity contribution in [2.75, 3.05) is 33.2 Å². The van der Waals surface area contributed by atoms with Crippen molar-refractivity contribution < 1.29 is 0 Å². The lowest BCUT2D eigenvalue weighted by molar-refractivity contribution is 0.0539. The smallest absolute Gasteiger partial charge is 0.135 e. The summed E-state index contributed by atoms with van der Waals surface area (Å²) in [6, 6.07) is 11.3. The van der Waals surface area contributed by atoms with E-state index in [2.05, 4.69) is 61.0 Å². The molecule has 1 atom stereocenters. The molecule has 0 N–H and O–H groups in total. The average Bonchev–Trinajstić information content (AvgIpc) is 2.50. The Morgan fingerprint density at radius 1 is 1.00 bits per heavy atom. The fourth-order valence-electron chi connectivity index (χ4n) is 3.90. The summed E-state index contributed by atoms with van der Waals surface area (Å²) < 4.78 is 0. The molecule has 1 fully saturated rings. The molecule has 1 aliphatic heterocycles. The van der Waals surface area contributed by atoms with Gasteiger partial charge in [-0.2, -0.15) is 5.26 Å². The Morgan fingerprint density at radius 2 is 1.62 bits per heavy atom. The van der Waals surface area contributed by atoms with E-state index >= 15 is 0 Å². The van der Waals surface area contributed by atoms with E-state index in [9.17, 15) is 5.26 Å². The molecule has 1 heterocycles. The van der Waals surface area contributed by atoms with Crippen LogP contribution < -0.4 is 0 Å². The Morgan fingerprint density at radius 3 is 2.24 bits per heavy atom. The second-order valence-corrected chi connectivity index (χ2v) is 7.19. The van der Waals surface area contributed by atoms with Gasteiger partial charge in [0, 0.05) is 26.2 Å². The average molecular weight is 283 g/mol. The number of rotatable bonds is 1. The van der Waals surface area contributed by atoms with Gasteiger partial charge in [-0.05, 0) is 36.4 Å². The first-order valence-corrected chi connectivity index (χ1v) is 7.94. The van der Waals surface area contributed by atoms with Crippen LogP contribution >= 0.6 is 0 Å². The molecule has 0 aromatic heterocycles. The van der Waals surface area contributed by atoms with E-state index < -0.39 is 5.54 Å². The van der Waals surface area contributed by atoms with Crippen molar-refractivity contribution in [3.63, 3.8) is 0 Å². The molecule has 0 bridgehead atoms. The van der Waals surface area contributed by atoms with E-state index in [-0.39, 0.29) is 5.41 Å². The van der Waals surface area contributed by atoms with Crippen molar-refractivity contribution >= 4 is 0 Å². The summed E-state index contributed by atoms with van der Waals surface area (Å²) >= 11 is 0. The van der Waals surface area contributed by atoms with Crippen molar-refractivity contribution in [1.82, 2.24) is 9.80 Å². The van der Waals surface area contributed by atoms with Gasteiger partial charge in [-0.1, -0.05) is 38.1 Å². The van der Waals surface area contributed by atoms with Crippen LogP contribution in [-0.4, -0.2) is 43.0 Å². The predicted molar refractivity (Wildman–Crippen MR) is 85.1 cm³/mol. The normalized spacial score (nSPS) is 29.6. The second kappa shape index (κ2) is 5.12. The van der Waals surface area contributed by atoms with Crippen molar-refractivity contribution in [1.29, 1.82) is 5.26 Å². The Hall–Kier alpha value is -1.37. The summed E-state index contributed by atoms with van der Waals surface area (Å²) in [5.74, 6) is 0. The zero-order valence-corrected chi connectivity index (χ0v) is 13.4. The number of likely N-dealkylation sites (N-methyl/N-ethyl adjacent to an activating group) is 1. The van der Waals surface area contributed by atoms with Crippen molar-refractivity contribution in [2.24, 2.45) is 0 Å². The summed E-state index contributed by atoms with van der Waals surface area (Å²) in [5, 5.41) is 10.1. The van der Waals surface area contributed by atoms with Crippen LogP contribution in [0.15, 0.2) is 24.3 Å². The number of nitriles is 1. The lowest BCUT2D eigenvalue weighted by Gasteiger charge is -2.49. The van der Waals surface area contributed by atoms with Gasteiger partial charge in [0.05, 0.1) is 6.07 Å². The van der Waals surface area contributed by atoms with Crippen LogP contribution in [0.5, 0.6) is 0 Å². The standard InChI is InChI=1S/C18H25N3/c1-17(2)8-9-18(14-19,16-7-5-4-6-15(16)17)21-12-10-20(3)11-13-21/h4-7H,8-13H2,1-3H3. The molecule has 1 aromatic rings. The van der Waals surface area contributed by atoms with E-state index in [0.717, 1.165) is 39.0 Å². The van der Waals surface area contributed by atoms with Gasteiger partial charge in [0.25, 0.3) is 0 Å². The van der Waals surface area contributed by atoms with Crippen molar-refractivity contribution in [3.05, 3.63) is 35.4 Å². The van der Waals surface area contributed by atoms with Gasteiger partial charge >= 0.3 is 0 Å². The molecule has 0 amide bonds. The SMILES string of the molecule is CN1CCN(C2(C#N)CCC(C)(C)c3ccccc32)CC1. The Kier molecular flexibility index (Phi) is 3.55. The summed E-state index contributed by atoms with van der Waals surface area (Å²) in [7, 11) is 2.16. The number of fused-ring (bicyclic) bond motifs is 1. The van der Waals surface area contributed by atoms with Gasteiger partial charge < -0.3 is 4.90 Å². The quantitative estimate of drug-likeness (QED) is 0.794. The fraction of sp³-hybridized carbons (Fsp3) is 0.611. The van der Waals surface area contributed by atoms with E-state index in [1.807, 2.05) is 0 Å². The van der Waals surface area contributed by atoms with E-state index in [1.165, 1.54) is 11.1 Å². The van der Waals surface area contributed by atoms with Crippen molar-refractivity contribution in [3.8, 4) is 6.07 Å². The number of nitrogens with zero attached hydrogens (tertiary/aromatic N) is 3. The molecule has 1 aromatic carbocycles. The minimum atomic E-state index is -0.423. The molecule has 112 valence electrons. The van der Waals surface area contributed by atoms with E-state index in [4.69, 9.17) is 0 Å². The van der Waals surface area contributed by atoms with Crippen LogP contribution in [0.1, 0.15) is 37.8 Å². The third-order valence-electron chi connectivity index (χ3n) is 5.44. The number of hydrogen-bond acceptors (Lipinski definition) is 3. The minimum absolute atomic E-state index is 0.170. The Labute approximate surface area is 128 Å². The molecule has 1 saturated heterocycles. The molecule has 0 spiro atoms. The van der Waals surface area contributed by atoms with Gasteiger partial charge in [-0.15, -0.1) is 0 Å². The topological polar surface area (TPSA) is 30.3 Å². The van der Waals surface area contributed by atoms with Gasteiger partial charge in [0.1, 0.15) is 5.54 Å². The molecule has 2 aliphatic rings. The maximum Gasteiger partial charge on any atom is 0.135 e. The fourth-order valence-corrected chi connectivity index (χ4v) is 3.90. The molecule has 3 heteroatoms. The molecule has 3 nitrogen and oxygen atoms in total. The third kappa shape index (κ3) is 2.27. The van der Waals surface area contributed by atoms with Crippen LogP contribution in [-0.2, 0) is 11.0 Å².